The van der Waals surface area contributed by atoms with Gasteiger partial charge < -0.3 is 5.32 Å². The van der Waals surface area contributed by atoms with Crippen LogP contribution in [0.4, 0.5) is 10.2 Å². The van der Waals surface area contributed by atoms with E-state index < -0.39 is 5.82 Å². The molecule has 1 saturated carbocycles. The van der Waals surface area contributed by atoms with Crippen molar-refractivity contribution in [3.8, 4) is 0 Å². The van der Waals surface area contributed by atoms with Gasteiger partial charge in [0.2, 0.25) is 5.28 Å². The lowest BCUT2D eigenvalue weighted by Gasteiger charge is -2.20. The molecule has 0 spiro atoms. The smallest absolute Gasteiger partial charge is 0.224 e. The number of rotatable bonds is 4. The summed E-state index contributed by atoms with van der Waals surface area (Å²) in [4.78, 5) is 7.40. The average molecular weight is 244 g/mol. The first kappa shape index (κ1) is 11.6. The number of aromatic nitrogens is 2. The third-order valence-corrected chi connectivity index (χ3v) is 3.62. The van der Waals surface area contributed by atoms with Crippen LogP contribution in [-0.2, 0) is 0 Å². The van der Waals surface area contributed by atoms with Gasteiger partial charge in [0.15, 0.2) is 11.6 Å². The van der Waals surface area contributed by atoms with Crippen molar-refractivity contribution in [2.45, 2.75) is 26.7 Å². The number of hydrogen-bond donors (Lipinski definition) is 1. The van der Waals surface area contributed by atoms with Crippen LogP contribution in [-0.4, -0.2) is 16.5 Å². The number of halogens is 2. The van der Waals surface area contributed by atoms with Gasteiger partial charge in [-0.25, -0.2) is 9.37 Å². The molecule has 1 aliphatic rings. The molecule has 0 unspecified atom stereocenters. The van der Waals surface area contributed by atoms with Crippen LogP contribution < -0.4 is 5.32 Å². The van der Waals surface area contributed by atoms with Crippen LogP contribution in [0.15, 0.2) is 6.20 Å². The predicted octanol–water partition coefficient (Wildman–Crippen LogP) is 3.12. The van der Waals surface area contributed by atoms with E-state index in [-0.39, 0.29) is 11.1 Å². The second kappa shape index (κ2) is 4.17. The van der Waals surface area contributed by atoms with Crippen LogP contribution in [0.3, 0.4) is 0 Å². The fraction of sp³-hybridized carbons (Fsp3) is 0.636. The lowest BCUT2D eigenvalue weighted by Crippen LogP contribution is -2.21. The van der Waals surface area contributed by atoms with E-state index in [1.54, 1.807) is 0 Å². The van der Waals surface area contributed by atoms with Gasteiger partial charge in [-0.1, -0.05) is 13.8 Å². The van der Waals surface area contributed by atoms with Crippen molar-refractivity contribution in [2.75, 3.05) is 11.9 Å². The minimum atomic E-state index is -0.455. The molecule has 16 heavy (non-hydrogen) atoms. The Morgan fingerprint density at radius 3 is 2.81 bits per heavy atom. The molecule has 0 bridgehead atoms. The molecule has 0 aliphatic heterocycles. The van der Waals surface area contributed by atoms with Crippen LogP contribution in [0.5, 0.6) is 0 Å². The van der Waals surface area contributed by atoms with Crippen molar-refractivity contribution in [1.29, 1.82) is 0 Å². The Balaban J connectivity index is 2.02. The topological polar surface area (TPSA) is 37.8 Å². The fourth-order valence-electron chi connectivity index (χ4n) is 1.85. The summed E-state index contributed by atoms with van der Waals surface area (Å²) in [5, 5.41) is 3.10. The summed E-state index contributed by atoms with van der Waals surface area (Å²) in [5.74, 6) is 0.344. The Morgan fingerprint density at radius 1 is 1.56 bits per heavy atom. The van der Waals surface area contributed by atoms with E-state index in [9.17, 15) is 4.39 Å². The molecule has 0 saturated heterocycles. The Labute approximate surface area is 99.4 Å². The normalized spacial score (nSPS) is 17.6. The quantitative estimate of drug-likeness (QED) is 0.826. The molecule has 88 valence electrons. The van der Waals surface area contributed by atoms with E-state index >= 15 is 0 Å². The SMILES string of the molecule is CC(C)C1(CNc2nc(Cl)ncc2F)CC1. The molecule has 3 nitrogen and oxygen atoms in total. The number of nitrogens with one attached hydrogen (secondary N) is 1. The molecular formula is C11H15ClFN3. The van der Waals surface area contributed by atoms with Gasteiger partial charge in [-0.3, -0.25) is 0 Å². The molecule has 5 heteroatoms. The summed E-state index contributed by atoms with van der Waals surface area (Å²) < 4.78 is 13.3. The number of nitrogens with zero attached hydrogens (tertiary/aromatic N) is 2. The van der Waals surface area contributed by atoms with Crippen molar-refractivity contribution in [3.63, 3.8) is 0 Å². The summed E-state index contributed by atoms with van der Waals surface area (Å²) in [7, 11) is 0. The highest BCUT2D eigenvalue weighted by Crippen LogP contribution is 2.51. The lowest BCUT2D eigenvalue weighted by atomic mass is 9.92. The van der Waals surface area contributed by atoms with Gasteiger partial charge in [0, 0.05) is 6.54 Å². The molecule has 2 rings (SSSR count). The zero-order valence-corrected chi connectivity index (χ0v) is 10.2. The average Bonchev–Trinajstić information content (AvgIpc) is 3.00. The van der Waals surface area contributed by atoms with Crippen molar-refractivity contribution in [2.24, 2.45) is 11.3 Å². The predicted molar refractivity (Wildman–Crippen MR) is 62.0 cm³/mol. The maximum atomic E-state index is 13.3. The van der Waals surface area contributed by atoms with Gasteiger partial charge in [0.25, 0.3) is 0 Å². The van der Waals surface area contributed by atoms with Crippen LogP contribution in [0.2, 0.25) is 5.28 Å². The highest BCUT2D eigenvalue weighted by atomic mass is 35.5. The third kappa shape index (κ3) is 2.26. The fourth-order valence-corrected chi connectivity index (χ4v) is 1.98. The van der Waals surface area contributed by atoms with E-state index in [2.05, 4.69) is 29.1 Å². The summed E-state index contributed by atoms with van der Waals surface area (Å²) in [6.45, 7) is 5.13. The van der Waals surface area contributed by atoms with Crippen molar-refractivity contribution >= 4 is 17.4 Å². The van der Waals surface area contributed by atoms with Gasteiger partial charge in [-0.2, -0.15) is 4.98 Å². The van der Waals surface area contributed by atoms with E-state index in [1.807, 2.05) is 0 Å². The van der Waals surface area contributed by atoms with E-state index in [0.717, 1.165) is 12.7 Å². The largest absolute Gasteiger partial charge is 0.367 e. The lowest BCUT2D eigenvalue weighted by molar-refractivity contribution is 0.379. The molecule has 1 aromatic rings. The van der Waals surface area contributed by atoms with Crippen molar-refractivity contribution in [3.05, 3.63) is 17.3 Å². The molecule has 0 amide bonds. The Kier molecular flexibility index (Phi) is 3.02. The highest BCUT2D eigenvalue weighted by Gasteiger charge is 2.45. The summed E-state index contributed by atoms with van der Waals surface area (Å²) >= 11 is 5.62. The maximum Gasteiger partial charge on any atom is 0.224 e. The monoisotopic (exact) mass is 243 g/mol. The molecule has 1 N–H and O–H groups in total. The first-order valence-corrected chi connectivity index (χ1v) is 5.83. The molecule has 0 radical (unpaired) electrons. The van der Waals surface area contributed by atoms with Crippen molar-refractivity contribution in [1.82, 2.24) is 9.97 Å². The first-order chi connectivity index (χ1) is 7.53. The third-order valence-electron chi connectivity index (χ3n) is 3.44. The molecule has 1 aliphatic carbocycles. The minimum absolute atomic E-state index is 0.0679. The molecular weight excluding hydrogens is 229 g/mol. The van der Waals surface area contributed by atoms with Gasteiger partial charge in [0.05, 0.1) is 6.20 Å². The summed E-state index contributed by atoms with van der Waals surface area (Å²) in [6, 6.07) is 0. The number of anilines is 1. The Morgan fingerprint density at radius 2 is 2.25 bits per heavy atom. The van der Waals surface area contributed by atoms with Crippen LogP contribution in [0, 0.1) is 17.2 Å². The van der Waals surface area contributed by atoms with Crippen LogP contribution in [0.25, 0.3) is 0 Å². The Hall–Kier alpha value is -0.900. The van der Waals surface area contributed by atoms with E-state index in [0.29, 0.717) is 11.3 Å². The molecule has 0 aromatic carbocycles. The maximum absolute atomic E-state index is 13.3. The number of hydrogen-bond acceptors (Lipinski definition) is 3. The van der Waals surface area contributed by atoms with Crippen molar-refractivity contribution < 1.29 is 4.39 Å². The standard InChI is InChI=1S/C11H15ClFN3/c1-7(2)11(3-4-11)6-15-9-8(13)5-14-10(12)16-9/h5,7H,3-4,6H2,1-2H3,(H,14,15,16). The van der Waals surface area contributed by atoms with Gasteiger partial charge >= 0.3 is 0 Å². The highest BCUT2D eigenvalue weighted by molar-refractivity contribution is 6.28. The van der Waals surface area contributed by atoms with Gasteiger partial charge in [-0.15, -0.1) is 0 Å². The minimum Gasteiger partial charge on any atom is -0.367 e. The molecule has 1 fully saturated rings. The first-order valence-electron chi connectivity index (χ1n) is 5.45. The zero-order valence-electron chi connectivity index (χ0n) is 9.43. The zero-order chi connectivity index (χ0) is 11.8. The van der Waals surface area contributed by atoms with Gasteiger partial charge in [-0.05, 0) is 35.8 Å². The van der Waals surface area contributed by atoms with Crippen LogP contribution >= 0.6 is 11.6 Å². The second-order valence-corrected chi connectivity index (χ2v) is 5.04. The molecule has 0 atom stereocenters. The second-order valence-electron chi connectivity index (χ2n) is 4.71. The van der Waals surface area contributed by atoms with Gasteiger partial charge in [0.1, 0.15) is 0 Å². The Bertz CT molecular complexity index is 391. The van der Waals surface area contributed by atoms with Crippen LogP contribution in [0.1, 0.15) is 26.7 Å². The summed E-state index contributed by atoms with van der Waals surface area (Å²) in [5.41, 5.74) is 0.309. The molecule has 1 heterocycles. The molecule has 1 aromatic heterocycles. The van der Waals surface area contributed by atoms with E-state index in [1.165, 1.54) is 12.8 Å². The summed E-state index contributed by atoms with van der Waals surface area (Å²) in [6.07, 6.45) is 3.48. The van der Waals surface area contributed by atoms with E-state index in [4.69, 9.17) is 11.6 Å².